The van der Waals surface area contributed by atoms with Gasteiger partial charge in [0, 0.05) is 23.9 Å². The number of hydrogen-bond acceptors (Lipinski definition) is 3. The first-order valence-corrected chi connectivity index (χ1v) is 7.50. The Balaban J connectivity index is 2.15. The van der Waals surface area contributed by atoms with Crippen LogP contribution in [0, 0.1) is 31.1 Å². The van der Waals surface area contributed by atoms with Crippen molar-refractivity contribution < 1.29 is 4.79 Å². The summed E-state index contributed by atoms with van der Waals surface area (Å²) in [6.45, 7) is 6.01. The molecule has 2 rings (SSSR count). The number of amides is 1. The highest BCUT2D eigenvalue weighted by Gasteiger charge is 2.10. The number of nitrogens with zero attached hydrogens (tertiary/aromatic N) is 3. The van der Waals surface area contributed by atoms with Gasteiger partial charge in [0.15, 0.2) is 0 Å². The number of hydrogen-bond donors (Lipinski definition) is 1. The second-order valence-electron chi connectivity index (χ2n) is 5.44. The van der Waals surface area contributed by atoms with E-state index in [2.05, 4.69) is 16.5 Å². The quantitative estimate of drug-likeness (QED) is 0.863. The van der Waals surface area contributed by atoms with Crippen molar-refractivity contribution >= 4 is 12.0 Å². The molecule has 1 atom stereocenters. The van der Waals surface area contributed by atoms with E-state index in [-0.39, 0.29) is 11.8 Å². The van der Waals surface area contributed by atoms with Crippen LogP contribution in [0.1, 0.15) is 23.9 Å². The summed E-state index contributed by atoms with van der Waals surface area (Å²) in [5, 5.41) is 16.0. The van der Waals surface area contributed by atoms with Gasteiger partial charge in [-0.3, -0.25) is 4.79 Å². The van der Waals surface area contributed by atoms with Crippen LogP contribution in [0.15, 0.2) is 36.4 Å². The molecule has 0 bridgehead atoms. The predicted molar refractivity (Wildman–Crippen MR) is 89.9 cm³/mol. The molecule has 5 nitrogen and oxygen atoms in total. The lowest BCUT2D eigenvalue weighted by Gasteiger charge is -2.04. The molecule has 5 heteroatoms. The third kappa shape index (κ3) is 4.07. The molecular weight excluding hydrogens is 288 g/mol. The zero-order chi connectivity index (χ0) is 16.8. The Bertz CT molecular complexity index is 753. The smallest absolute Gasteiger partial charge is 0.244 e. The molecule has 1 aromatic heterocycles. The number of carbonyl (C=O) groups excluding carboxylic acids is 1. The lowest BCUT2D eigenvalue weighted by atomic mass is 10.1. The first kappa shape index (κ1) is 16.5. The molecule has 118 valence electrons. The third-order valence-corrected chi connectivity index (χ3v) is 3.55. The fraction of sp³-hybridized carbons (Fsp3) is 0.278. The van der Waals surface area contributed by atoms with Crippen LogP contribution in [-0.2, 0) is 4.79 Å². The van der Waals surface area contributed by atoms with Crippen molar-refractivity contribution in [3.05, 3.63) is 53.4 Å². The minimum Gasteiger partial charge on any atom is -0.351 e. The van der Waals surface area contributed by atoms with Crippen molar-refractivity contribution in [1.82, 2.24) is 15.1 Å². The molecular formula is C18H20N4O. The molecule has 0 aliphatic heterocycles. The maximum Gasteiger partial charge on any atom is 0.244 e. The Kier molecular flexibility index (Phi) is 5.32. The Morgan fingerprint density at radius 1 is 1.39 bits per heavy atom. The number of nitriles is 1. The van der Waals surface area contributed by atoms with E-state index in [1.807, 2.05) is 48.9 Å². The van der Waals surface area contributed by atoms with E-state index in [1.165, 1.54) is 6.08 Å². The number of aromatic nitrogens is 2. The molecule has 0 aliphatic carbocycles. The highest BCUT2D eigenvalue weighted by Crippen LogP contribution is 2.18. The van der Waals surface area contributed by atoms with Gasteiger partial charge < -0.3 is 5.32 Å². The first-order valence-electron chi connectivity index (χ1n) is 7.50. The van der Waals surface area contributed by atoms with Crippen LogP contribution in [0.3, 0.4) is 0 Å². The van der Waals surface area contributed by atoms with Crippen LogP contribution < -0.4 is 5.32 Å². The first-order chi connectivity index (χ1) is 11.0. The van der Waals surface area contributed by atoms with Gasteiger partial charge in [-0.25, -0.2) is 4.68 Å². The summed E-state index contributed by atoms with van der Waals surface area (Å²) < 4.78 is 1.87. The van der Waals surface area contributed by atoms with E-state index in [9.17, 15) is 4.79 Å². The van der Waals surface area contributed by atoms with Gasteiger partial charge in [-0.1, -0.05) is 18.2 Å². The highest BCUT2D eigenvalue weighted by molar-refractivity contribution is 5.92. The van der Waals surface area contributed by atoms with Crippen LogP contribution >= 0.6 is 0 Å². The maximum atomic E-state index is 11.8. The number of aryl methyl sites for hydroxylation is 1. The number of nitrogens with one attached hydrogen (secondary N) is 1. The zero-order valence-corrected chi connectivity index (χ0v) is 13.6. The molecule has 2 aromatic rings. The summed E-state index contributed by atoms with van der Waals surface area (Å²) in [5.41, 5.74) is 3.75. The Hall–Kier alpha value is -2.87. The van der Waals surface area contributed by atoms with E-state index >= 15 is 0 Å². The van der Waals surface area contributed by atoms with Crippen LogP contribution in [0.5, 0.6) is 0 Å². The molecule has 0 spiro atoms. The van der Waals surface area contributed by atoms with Gasteiger partial charge in [-0.15, -0.1) is 0 Å². The standard InChI is InChI=1S/C18H20N4O/c1-13(11-19)12-20-18(23)10-9-17-14(2)21-22(15(17)3)16-7-5-4-6-8-16/h4-10,13H,12H2,1-3H3,(H,20,23). The lowest BCUT2D eigenvalue weighted by Crippen LogP contribution is -2.25. The van der Waals surface area contributed by atoms with Crippen molar-refractivity contribution in [2.24, 2.45) is 5.92 Å². The molecule has 0 aliphatic rings. The van der Waals surface area contributed by atoms with Crippen LogP contribution in [0.4, 0.5) is 0 Å². The number of rotatable bonds is 5. The van der Waals surface area contributed by atoms with Crippen molar-refractivity contribution in [3.8, 4) is 11.8 Å². The fourth-order valence-corrected chi connectivity index (χ4v) is 2.23. The van der Waals surface area contributed by atoms with E-state index in [0.717, 1.165) is 22.6 Å². The second kappa shape index (κ2) is 7.41. The number of benzene rings is 1. The molecule has 0 fully saturated rings. The molecule has 1 aromatic carbocycles. The molecule has 1 amide bonds. The maximum absolute atomic E-state index is 11.8. The SMILES string of the molecule is Cc1nn(-c2ccccc2)c(C)c1C=CC(=O)NCC(C)C#N. The molecule has 1 N–H and O–H groups in total. The minimum absolute atomic E-state index is 0.198. The summed E-state index contributed by atoms with van der Waals surface area (Å²) in [6.07, 6.45) is 3.25. The van der Waals surface area contributed by atoms with Crippen molar-refractivity contribution in [1.29, 1.82) is 5.26 Å². The molecule has 1 heterocycles. The van der Waals surface area contributed by atoms with Gasteiger partial charge in [0.1, 0.15) is 0 Å². The summed E-state index contributed by atoms with van der Waals surface area (Å²) in [6, 6.07) is 11.9. The Morgan fingerprint density at radius 2 is 2.09 bits per heavy atom. The van der Waals surface area contributed by atoms with Gasteiger partial charge in [0.25, 0.3) is 0 Å². The average molecular weight is 308 g/mol. The van der Waals surface area contributed by atoms with Gasteiger partial charge >= 0.3 is 0 Å². The van der Waals surface area contributed by atoms with Crippen LogP contribution in [-0.4, -0.2) is 22.2 Å². The lowest BCUT2D eigenvalue weighted by molar-refractivity contribution is -0.116. The Morgan fingerprint density at radius 3 is 2.74 bits per heavy atom. The number of para-hydroxylation sites is 1. The predicted octanol–water partition coefficient (Wildman–Crippen LogP) is 2.78. The van der Waals surface area contributed by atoms with Gasteiger partial charge in [-0.2, -0.15) is 10.4 Å². The van der Waals surface area contributed by atoms with Crippen LogP contribution in [0.25, 0.3) is 11.8 Å². The summed E-state index contributed by atoms with van der Waals surface area (Å²) in [7, 11) is 0. The third-order valence-electron chi connectivity index (χ3n) is 3.55. The number of carbonyl (C=O) groups is 1. The molecule has 0 saturated carbocycles. The normalized spacial score (nSPS) is 12.1. The van der Waals surface area contributed by atoms with E-state index in [4.69, 9.17) is 5.26 Å². The average Bonchev–Trinajstić information content (AvgIpc) is 2.85. The van der Waals surface area contributed by atoms with Gasteiger partial charge in [0.05, 0.1) is 23.4 Å². The second-order valence-corrected chi connectivity index (χ2v) is 5.44. The summed E-state index contributed by atoms with van der Waals surface area (Å²) in [5.74, 6) is -0.407. The summed E-state index contributed by atoms with van der Waals surface area (Å²) >= 11 is 0. The molecule has 23 heavy (non-hydrogen) atoms. The fourth-order valence-electron chi connectivity index (χ4n) is 2.23. The Labute approximate surface area is 136 Å². The molecule has 0 saturated heterocycles. The van der Waals surface area contributed by atoms with Gasteiger partial charge in [0.2, 0.25) is 5.91 Å². The summed E-state index contributed by atoms with van der Waals surface area (Å²) in [4.78, 5) is 11.8. The van der Waals surface area contributed by atoms with E-state index in [1.54, 1.807) is 13.0 Å². The van der Waals surface area contributed by atoms with Crippen molar-refractivity contribution in [2.75, 3.05) is 6.54 Å². The largest absolute Gasteiger partial charge is 0.351 e. The van der Waals surface area contributed by atoms with Crippen molar-refractivity contribution in [3.63, 3.8) is 0 Å². The molecule has 1 unspecified atom stereocenters. The zero-order valence-electron chi connectivity index (χ0n) is 13.6. The van der Waals surface area contributed by atoms with E-state index in [0.29, 0.717) is 6.54 Å². The molecule has 0 radical (unpaired) electrons. The van der Waals surface area contributed by atoms with Crippen molar-refractivity contribution in [2.45, 2.75) is 20.8 Å². The minimum atomic E-state index is -0.210. The van der Waals surface area contributed by atoms with Crippen LogP contribution in [0.2, 0.25) is 0 Å². The highest BCUT2D eigenvalue weighted by atomic mass is 16.1. The topological polar surface area (TPSA) is 70.7 Å². The van der Waals surface area contributed by atoms with Gasteiger partial charge in [-0.05, 0) is 39.0 Å². The van der Waals surface area contributed by atoms with E-state index < -0.39 is 0 Å². The monoisotopic (exact) mass is 308 g/mol.